The maximum Gasteiger partial charge on any atom is 0.337 e. The first-order chi connectivity index (χ1) is 27.6. The fraction of sp³-hybridized carbons (Fsp3) is 0.300. The first-order valence-electron chi connectivity index (χ1n) is 17.8. The summed E-state index contributed by atoms with van der Waals surface area (Å²) >= 11 is 11.7. The van der Waals surface area contributed by atoms with Crippen LogP contribution in [0.4, 0.5) is 47.3 Å². The summed E-state index contributed by atoms with van der Waals surface area (Å²) in [4.78, 5) is 54.2. The summed E-state index contributed by atoms with van der Waals surface area (Å²) in [6.07, 6.45) is -1.83. The molecule has 18 heteroatoms. The number of methoxy groups -OCH3 is 1. The molecular weight excluding hydrogens is 815 g/mol. The van der Waals surface area contributed by atoms with Crippen LogP contribution in [-0.2, 0) is 17.8 Å². The Labute approximate surface area is 339 Å². The maximum absolute atomic E-state index is 14.6. The van der Waals surface area contributed by atoms with Crippen LogP contribution in [0.2, 0.25) is 10.0 Å². The van der Waals surface area contributed by atoms with E-state index in [1.807, 2.05) is 0 Å². The van der Waals surface area contributed by atoms with Gasteiger partial charge in [0.25, 0.3) is 0 Å². The van der Waals surface area contributed by atoms with Crippen LogP contribution in [0.25, 0.3) is 0 Å². The highest BCUT2D eigenvalue weighted by Gasteiger charge is 2.32. The molecule has 308 valence electrons. The molecule has 4 amide bonds. The number of amides is 4. The number of nitrogens with two attached hydrogens (primary N) is 1. The number of alkyl halides is 2. The number of urea groups is 2. The molecule has 58 heavy (non-hydrogen) atoms. The van der Waals surface area contributed by atoms with Gasteiger partial charge in [-0.25, -0.2) is 40.7 Å². The lowest BCUT2D eigenvalue weighted by Crippen LogP contribution is -2.42. The molecule has 2 heterocycles. The number of hydrogen-bond donors (Lipinski definition) is 1. The van der Waals surface area contributed by atoms with Gasteiger partial charge in [-0.15, -0.1) is 0 Å². The molecule has 0 aliphatic carbocycles. The number of anilines is 2. The lowest BCUT2D eigenvalue weighted by atomic mass is 10.1. The third kappa shape index (κ3) is 10.6. The molecule has 2 aliphatic rings. The zero-order chi connectivity index (χ0) is 42.3. The lowest BCUT2D eigenvalue weighted by Gasteiger charge is -2.28. The van der Waals surface area contributed by atoms with E-state index in [0.29, 0.717) is 0 Å². The van der Waals surface area contributed by atoms with Gasteiger partial charge in [-0.3, -0.25) is 14.6 Å². The van der Waals surface area contributed by atoms with E-state index in [4.69, 9.17) is 28.9 Å². The monoisotopic (exact) mass is 851 g/mol. The first-order valence-corrected chi connectivity index (χ1v) is 18.5. The van der Waals surface area contributed by atoms with Gasteiger partial charge in [0.1, 0.15) is 35.6 Å². The third-order valence-corrected chi connectivity index (χ3v) is 9.96. The maximum atomic E-state index is 14.6. The van der Waals surface area contributed by atoms with E-state index in [1.165, 1.54) is 75.2 Å². The summed E-state index contributed by atoms with van der Waals surface area (Å²) in [5.41, 5.74) is 6.16. The molecule has 0 radical (unpaired) electrons. The van der Waals surface area contributed by atoms with Gasteiger partial charge < -0.3 is 20.3 Å². The van der Waals surface area contributed by atoms with Gasteiger partial charge in [0, 0.05) is 41.2 Å². The number of benzene rings is 4. The quantitative estimate of drug-likeness (QED) is 0.103. The minimum Gasteiger partial charge on any atom is -0.465 e. The van der Waals surface area contributed by atoms with E-state index in [0.717, 1.165) is 24.3 Å². The van der Waals surface area contributed by atoms with Crippen molar-refractivity contribution in [2.75, 3.05) is 49.6 Å². The average molecular weight is 853 g/mol. The van der Waals surface area contributed by atoms with Crippen LogP contribution in [0.15, 0.2) is 72.8 Å². The molecule has 6 rings (SSSR count). The number of ether oxygens (including phenoxy) is 1. The standard InChI is InChI=1S/C20H19ClF3N3O2.C20H18ClF3N2O3/c21-16-8-15(3-4-17(16)23)27(20(29)26-6-5-14(22)11-26)10-13-2-1-12(7-18(13)24)19(28)9-25;1-29-19(27)12-2-3-13(18(24)8-12)10-26(15-4-5-17(23)16(21)9-15)20(28)25-7-6-14(22)11-25/h1-4,7-8,14H,5-6,9-11,25H2;2-5,8-9,14H,6-7,10-11H2,1H3/t2*14-/m00/s1. The van der Waals surface area contributed by atoms with Crippen LogP contribution in [0.3, 0.4) is 0 Å². The SMILES string of the molecule is COC(=O)c1ccc(CN(C(=O)N2CC[C@H](F)C2)c2ccc(F)c(Cl)c2)c(F)c1.NCC(=O)c1ccc(CN(C(=O)N2CC[C@H](F)C2)c2ccc(F)c(Cl)c2)c(F)c1. The van der Waals surface area contributed by atoms with Gasteiger partial charge in [0.15, 0.2) is 5.78 Å². The highest BCUT2D eigenvalue weighted by Crippen LogP contribution is 2.29. The minimum atomic E-state index is -1.13. The first kappa shape index (κ1) is 43.8. The van der Waals surface area contributed by atoms with Crippen molar-refractivity contribution in [2.45, 2.75) is 38.3 Å². The fourth-order valence-electron chi connectivity index (χ4n) is 6.20. The lowest BCUT2D eigenvalue weighted by molar-refractivity contribution is 0.0600. The fourth-order valence-corrected chi connectivity index (χ4v) is 6.55. The van der Waals surface area contributed by atoms with Crippen LogP contribution < -0.4 is 15.5 Å². The second kappa shape index (κ2) is 19.4. The molecule has 4 aromatic rings. The Bertz CT molecular complexity index is 2030. The molecule has 4 aromatic carbocycles. The molecule has 0 unspecified atom stereocenters. The number of rotatable bonds is 9. The number of carbonyl (C=O) groups excluding carboxylic acids is 4. The molecule has 0 bridgehead atoms. The summed E-state index contributed by atoms with van der Waals surface area (Å²) in [6, 6.07) is 13.9. The van der Waals surface area contributed by atoms with Gasteiger partial charge in [0.2, 0.25) is 0 Å². The Balaban J connectivity index is 0.000000221. The zero-order valence-electron chi connectivity index (χ0n) is 30.9. The Kier molecular flexibility index (Phi) is 14.7. The molecule has 10 nitrogen and oxygen atoms in total. The van der Waals surface area contributed by atoms with Gasteiger partial charge in [-0.05, 0) is 67.4 Å². The number of Topliss-reactive ketones (excluding diaryl/α,β-unsaturated/α-hetero) is 1. The third-order valence-electron chi connectivity index (χ3n) is 9.39. The van der Waals surface area contributed by atoms with E-state index in [2.05, 4.69) is 4.74 Å². The predicted octanol–water partition coefficient (Wildman–Crippen LogP) is 8.51. The van der Waals surface area contributed by atoms with Crippen molar-refractivity contribution in [2.24, 2.45) is 5.73 Å². The number of esters is 1. The van der Waals surface area contributed by atoms with Crippen LogP contribution in [0.5, 0.6) is 0 Å². The van der Waals surface area contributed by atoms with Crippen molar-refractivity contribution in [3.8, 4) is 0 Å². The van der Waals surface area contributed by atoms with E-state index >= 15 is 0 Å². The molecule has 2 fully saturated rings. The van der Waals surface area contributed by atoms with E-state index in [9.17, 15) is 45.5 Å². The largest absolute Gasteiger partial charge is 0.465 e. The van der Waals surface area contributed by atoms with Gasteiger partial charge in [-0.2, -0.15) is 0 Å². The Morgan fingerprint density at radius 3 is 1.47 bits per heavy atom. The second-order valence-electron chi connectivity index (χ2n) is 13.3. The molecule has 0 spiro atoms. The van der Waals surface area contributed by atoms with Crippen LogP contribution in [0.1, 0.15) is 44.7 Å². The molecule has 0 saturated carbocycles. The molecule has 2 atom stereocenters. The average Bonchev–Trinajstić information content (AvgIpc) is 3.86. The van der Waals surface area contributed by atoms with Crippen LogP contribution in [0, 0.1) is 23.3 Å². The normalized spacial score (nSPS) is 16.1. The van der Waals surface area contributed by atoms with E-state index < -0.39 is 59.4 Å². The number of nitrogens with zero attached hydrogens (tertiary/aromatic N) is 4. The molecular formula is C40H37Cl2F6N5O5. The summed E-state index contributed by atoms with van der Waals surface area (Å²) in [6.45, 7) is -0.396. The van der Waals surface area contributed by atoms with Crippen molar-refractivity contribution >= 4 is 58.4 Å². The Hall–Kier alpha value is -5.32. The highest BCUT2D eigenvalue weighted by atomic mass is 35.5. The number of likely N-dealkylation sites (tertiary alicyclic amines) is 2. The van der Waals surface area contributed by atoms with Gasteiger partial charge in [0.05, 0.1) is 55.4 Å². The van der Waals surface area contributed by atoms with Crippen molar-refractivity contribution in [1.82, 2.24) is 9.80 Å². The minimum absolute atomic E-state index is 0.0243. The van der Waals surface area contributed by atoms with Gasteiger partial charge in [-0.1, -0.05) is 41.4 Å². The van der Waals surface area contributed by atoms with Gasteiger partial charge >= 0.3 is 18.0 Å². The summed E-state index contributed by atoms with van der Waals surface area (Å²) < 4.78 is 88.0. The molecule has 2 saturated heterocycles. The number of carbonyl (C=O) groups is 4. The second-order valence-corrected chi connectivity index (χ2v) is 14.1. The number of hydrogen-bond acceptors (Lipinski definition) is 6. The molecule has 0 aromatic heterocycles. The Morgan fingerprint density at radius 1 is 0.672 bits per heavy atom. The van der Waals surface area contributed by atoms with Crippen LogP contribution in [-0.4, -0.2) is 85.8 Å². The highest BCUT2D eigenvalue weighted by molar-refractivity contribution is 6.31. The summed E-state index contributed by atoms with van der Waals surface area (Å²) in [5.74, 6) is -3.85. The zero-order valence-corrected chi connectivity index (χ0v) is 32.4. The predicted molar refractivity (Wildman–Crippen MR) is 206 cm³/mol. The van der Waals surface area contributed by atoms with Crippen molar-refractivity contribution in [1.29, 1.82) is 0 Å². The van der Waals surface area contributed by atoms with Crippen LogP contribution >= 0.6 is 23.2 Å². The number of halogens is 8. The van der Waals surface area contributed by atoms with Crippen molar-refractivity contribution in [3.05, 3.63) is 128 Å². The smallest absolute Gasteiger partial charge is 0.337 e. The topological polar surface area (TPSA) is 116 Å². The van der Waals surface area contributed by atoms with Crippen molar-refractivity contribution < 1.29 is 50.3 Å². The molecule has 2 aliphatic heterocycles. The molecule has 2 N–H and O–H groups in total. The summed E-state index contributed by atoms with van der Waals surface area (Å²) in [5, 5.41) is -0.402. The Morgan fingerprint density at radius 2 is 1.10 bits per heavy atom. The van der Waals surface area contributed by atoms with E-state index in [1.54, 1.807) is 0 Å². The summed E-state index contributed by atoms with van der Waals surface area (Å²) in [7, 11) is 1.18. The number of ketones is 1. The van der Waals surface area contributed by atoms with Crippen molar-refractivity contribution in [3.63, 3.8) is 0 Å². The van der Waals surface area contributed by atoms with E-state index in [-0.39, 0.29) is 102 Å².